The Morgan fingerprint density at radius 1 is 1.09 bits per heavy atom. The number of rotatable bonds is 7. The SMILES string of the molecule is CC(=O)Nc1cccc(C(=O)N/N=C\c2cc(I)cc(I)c2OCc2ccccc2F)c1. The minimum atomic E-state index is -0.428. The van der Waals surface area contributed by atoms with E-state index >= 15 is 0 Å². The molecule has 9 heteroatoms. The van der Waals surface area contributed by atoms with Gasteiger partial charge in [0.25, 0.3) is 5.91 Å². The maximum absolute atomic E-state index is 13.9. The van der Waals surface area contributed by atoms with Gasteiger partial charge in [-0.05, 0) is 81.6 Å². The summed E-state index contributed by atoms with van der Waals surface area (Å²) in [4.78, 5) is 23.6. The summed E-state index contributed by atoms with van der Waals surface area (Å²) >= 11 is 4.32. The predicted octanol–water partition coefficient (Wildman–Crippen LogP) is 5.34. The van der Waals surface area contributed by atoms with Gasteiger partial charge >= 0.3 is 0 Å². The van der Waals surface area contributed by atoms with Crippen molar-refractivity contribution in [3.8, 4) is 5.75 Å². The number of hydrogen-bond acceptors (Lipinski definition) is 4. The van der Waals surface area contributed by atoms with Crippen molar-refractivity contribution in [2.75, 3.05) is 5.32 Å². The Bertz CT molecular complexity index is 1180. The molecule has 0 saturated heterocycles. The Morgan fingerprint density at radius 2 is 1.88 bits per heavy atom. The standard InChI is InChI=1S/C23H18FI2N3O3/c1-14(30)28-19-7-4-6-15(10-19)23(31)29-27-12-17-9-18(25)11-21(26)22(17)32-13-16-5-2-3-8-20(16)24/h2-12H,13H2,1H3,(H,28,30)(H,29,31)/b27-12-. The molecule has 0 saturated carbocycles. The lowest BCUT2D eigenvalue weighted by atomic mass is 10.2. The van der Waals surface area contributed by atoms with E-state index in [1.165, 1.54) is 19.2 Å². The van der Waals surface area contributed by atoms with Crippen LogP contribution in [0.5, 0.6) is 5.75 Å². The lowest BCUT2D eigenvalue weighted by Gasteiger charge is -2.12. The summed E-state index contributed by atoms with van der Waals surface area (Å²) in [5.74, 6) is -0.448. The van der Waals surface area contributed by atoms with Crippen LogP contribution in [0.3, 0.4) is 0 Å². The number of hydrogen-bond donors (Lipinski definition) is 2. The minimum absolute atomic E-state index is 0.0619. The van der Waals surface area contributed by atoms with Gasteiger partial charge in [-0.25, -0.2) is 9.82 Å². The summed E-state index contributed by atoms with van der Waals surface area (Å²) in [5.41, 5.74) is 4.43. The van der Waals surface area contributed by atoms with Gasteiger partial charge in [0.15, 0.2) is 0 Å². The molecule has 0 radical (unpaired) electrons. The molecule has 0 aliphatic carbocycles. The molecule has 3 aromatic rings. The molecule has 0 heterocycles. The lowest BCUT2D eigenvalue weighted by Crippen LogP contribution is -2.18. The van der Waals surface area contributed by atoms with Crippen molar-refractivity contribution >= 4 is 68.9 Å². The van der Waals surface area contributed by atoms with E-state index in [0.29, 0.717) is 28.1 Å². The fourth-order valence-electron chi connectivity index (χ4n) is 2.76. The van der Waals surface area contributed by atoms with Crippen LogP contribution in [-0.4, -0.2) is 18.0 Å². The summed E-state index contributed by atoms with van der Waals surface area (Å²) in [6.45, 7) is 1.46. The quantitative estimate of drug-likeness (QED) is 0.205. The Labute approximate surface area is 211 Å². The van der Waals surface area contributed by atoms with Gasteiger partial charge < -0.3 is 10.1 Å². The zero-order valence-corrected chi connectivity index (χ0v) is 21.2. The maximum Gasteiger partial charge on any atom is 0.271 e. The smallest absolute Gasteiger partial charge is 0.271 e. The van der Waals surface area contributed by atoms with Crippen LogP contribution in [0.4, 0.5) is 10.1 Å². The van der Waals surface area contributed by atoms with Crippen molar-refractivity contribution in [1.29, 1.82) is 0 Å². The molecule has 0 unspecified atom stereocenters. The monoisotopic (exact) mass is 657 g/mol. The molecule has 0 bridgehead atoms. The molecule has 3 rings (SSSR count). The molecule has 0 spiro atoms. The van der Waals surface area contributed by atoms with Crippen LogP contribution in [0, 0.1) is 13.0 Å². The first-order valence-electron chi connectivity index (χ1n) is 9.40. The number of halogens is 3. The molecule has 0 aliphatic heterocycles. The van der Waals surface area contributed by atoms with Crippen molar-refractivity contribution in [3.05, 3.63) is 90.3 Å². The number of carbonyl (C=O) groups is 2. The zero-order valence-electron chi connectivity index (χ0n) is 16.9. The largest absolute Gasteiger partial charge is 0.487 e. The van der Waals surface area contributed by atoms with Gasteiger partial charge in [-0.3, -0.25) is 9.59 Å². The van der Waals surface area contributed by atoms with Crippen LogP contribution in [0.25, 0.3) is 0 Å². The number of carbonyl (C=O) groups excluding carboxylic acids is 2. The van der Waals surface area contributed by atoms with Crippen LogP contribution in [-0.2, 0) is 11.4 Å². The highest BCUT2D eigenvalue weighted by atomic mass is 127. The number of hydrazone groups is 1. The van der Waals surface area contributed by atoms with Crippen LogP contribution >= 0.6 is 45.2 Å². The molecule has 0 fully saturated rings. The average Bonchev–Trinajstić information content (AvgIpc) is 2.74. The number of nitrogens with zero attached hydrogens (tertiary/aromatic N) is 1. The fraction of sp³-hybridized carbons (Fsp3) is 0.0870. The van der Waals surface area contributed by atoms with E-state index in [0.717, 1.165) is 7.14 Å². The molecule has 2 amide bonds. The third-order valence-electron chi connectivity index (χ3n) is 4.18. The zero-order chi connectivity index (χ0) is 23.1. The number of amides is 2. The Morgan fingerprint density at radius 3 is 2.62 bits per heavy atom. The van der Waals surface area contributed by atoms with Gasteiger partial charge in [0.1, 0.15) is 18.2 Å². The van der Waals surface area contributed by atoms with E-state index in [2.05, 4.69) is 61.0 Å². The van der Waals surface area contributed by atoms with Crippen LogP contribution < -0.4 is 15.5 Å². The molecule has 164 valence electrons. The Balaban J connectivity index is 1.74. The van der Waals surface area contributed by atoms with Crippen molar-refractivity contribution in [3.63, 3.8) is 0 Å². The molecule has 0 aliphatic rings. The van der Waals surface area contributed by atoms with Gasteiger partial charge in [-0.2, -0.15) is 5.10 Å². The van der Waals surface area contributed by atoms with E-state index in [1.54, 1.807) is 42.5 Å². The van der Waals surface area contributed by atoms with Crippen LogP contribution in [0.2, 0.25) is 0 Å². The van der Waals surface area contributed by atoms with Crippen molar-refractivity contribution in [2.45, 2.75) is 13.5 Å². The van der Waals surface area contributed by atoms with Gasteiger partial charge in [-0.1, -0.05) is 24.3 Å². The second kappa shape index (κ2) is 11.4. The van der Waals surface area contributed by atoms with Crippen molar-refractivity contribution in [1.82, 2.24) is 5.43 Å². The molecule has 0 aromatic heterocycles. The van der Waals surface area contributed by atoms with E-state index in [-0.39, 0.29) is 18.3 Å². The number of anilines is 1. The van der Waals surface area contributed by atoms with Crippen LogP contribution in [0.15, 0.2) is 65.8 Å². The first-order valence-corrected chi connectivity index (χ1v) is 11.6. The van der Waals surface area contributed by atoms with Crippen LogP contribution in [0.1, 0.15) is 28.4 Å². The van der Waals surface area contributed by atoms with E-state index in [4.69, 9.17) is 4.74 Å². The van der Waals surface area contributed by atoms with Crippen molar-refractivity contribution in [2.24, 2.45) is 5.10 Å². The van der Waals surface area contributed by atoms with Gasteiger partial charge in [0, 0.05) is 32.9 Å². The highest BCUT2D eigenvalue weighted by Gasteiger charge is 2.11. The first-order chi connectivity index (χ1) is 15.3. The van der Waals surface area contributed by atoms with Crippen molar-refractivity contribution < 1.29 is 18.7 Å². The van der Waals surface area contributed by atoms with Gasteiger partial charge in [0.05, 0.1) is 9.78 Å². The first kappa shape index (κ1) is 24.1. The minimum Gasteiger partial charge on any atom is -0.487 e. The maximum atomic E-state index is 13.9. The second-order valence-electron chi connectivity index (χ2n) is 6.65. The highest BCUT2D eigenvalue weighted by molar-refractivity contribution is 14.1. The predicted molar refractivity (Wildman–Crippen MR) is 138 cm³/mol. The molecular weight excluding hydrogens is 639 g/mol. The number of ether oxygens (including phenoxy) is 1. The summed E-state index contributed by atoms with van der Waals surface area (Å²) in [7, 11) is 0. The molecule has 2 N–H and O–H groups in total. The highest BCUT2D eigenvalue weighted by Crippen LogP contribution is 2.28. The third-order valence-corrected chi connectivity index (χ3v) is 5.61. The molecule has 6 nitrogen and oxygen atoms in total. The Hall–Kier alpha value is -2.54. The summed E-state index contributed by atoms with van der Waals surface area (Å²) < 4.78 is 21.6. The second-order valence-corrected chi connectivity index (χ2v) is 9.05. The number of benzene rings is 3. The molecule has 3 aromatic carbocycles. The number of nitrogens with one attached hydrogen (secondary N) is 2. The average molecular weight is 657 g/mol. The fourth-order valence-corrected chi connectivity index (χ4v) is 4.81. The molecule has 0 atom stereocenters. The summed E-state index contributed by atoms with van der Waals surface area (Å²) in [5, 5.41) is 6.68. The van der Waals surface area contributed by atoms with E-state index in [1.807, 2.05) is 12.1 Å². The normalized spacial score (nSPS) is 10.8. The Kier molecular flexibility index (Phi) is 8.56. The van der Waals surface area contributed by atoms with Gasteiger partial charge in [-0.15, -0.1) is 0 Å². The molecule has 32 heavy (non-hydrogen) atoms. The van der Waals surface area contributed by atoms with Gasteiger partial charge in [0.2, 0.25) is 5.91 Å². The lowest BCUT2D eigenvalue weighted by molar-refractivity contribution is -0.114. The third kappa shape index (κ3) is 6.73. The van der Waals surface area contributed by atoms with E-state index in [9.17, 15) is 14.0 Å². The summed E-state index contributed by atoms with van der Waals surface area (Å²) in [6, 6.07) is 16.7. The molecular formula is C23H18FI2N3O3. The van der Waals surface area contributed by atoms with E-state index < -0.39 is 5.91 Å². The topological polar surface area (TPSA) is 79.8 Å². The summed E-state index contributed by atoms with van der Waals surface area (Å²) in [6.07, 6.45) is 1.48.